The summed E-state index contributed by atoms with van der Waals surface area (Å²) in [5, 5.41) is 16.3. The number of hydrogen-bond donors (Lipinski definition) is 2. The second-order valence-corrected chi connectivity index (χ2v) is 6.22. The molecule has 0 fully saturated rings. The van der Waals surface area contributed by atoms with E-state index in [0.29, 0.717) is 5.75 Å². The van der Waals surface area contributed by atoms with E-state index in [-0.39, 0.29) is 17.4 Å². The van der Waals surface area contributed by atoms with Crippen molar-refractivity contribution >= 4 is 34.6 Å². The number of benzene rings is 2. The number of nitro benzene ring substituents is 1. The molecule has 2 N–H and O–H groups in total. The highest BCUT2D eigenvalue weighted by molar-refractivity contribution is 7.80. The molecular formula is C18H19N3O4S. The fourth-order valence-corrected chi connectivity index (χ4v) is 2.71. The summed E-state index contributed by atoms with van der Waals surface area (Å²) in [5.41, 5.74) is 4.02. The van der Waals surface area contributed by atoms with Crippen LogP contribution in [0.15, 0.2) is 36.4 Å². The molecule has 0 aliphatic heterocycles. The second kappa shape index (κ2) is 8.39. The Labute approximate surface area is 156 Å². The number of hydrogen-bond acceptors (Lipinski definition) is 5. The van der Waals surface area contributed by atoms with E-state index >= 15 is 0 Å². The largest absolute Gasteiger partial charge is 0.484 e. The van der Waals surface area contributed by atoms with Crippen molar-refractivity contribution in [2.45, 2.75) is 20.8 Å². The van der Waals surface area contributed by atoms with Crippen molar-refractivity contribution in [3.63, 3.8) is 0 Å². The zero-order chi connectivity index (χ0) is 19.3. The van der Waals surface area contributed by atoms with Gasteiger partial charge in [0.25, 0.3) is 11.6 Å². The Morgan fingerprint density at radius 3 is 2.27 bits per heavy atom. The van der Waals surface area contributed by atoms with E-state index in [0.717, 1.165) is 22.4 Å². The molecule has 2 rings (SSSR count). The van der Waals surface area contributed by atoms with Crippen molar-refractivity contribution in [2.75, 3.05) is 11.9 Å². The molecule has 136 valence electrons. The molecule has 2 aromatic carbocycles. The van der Waals surface area contributed by atoms with Gasteiger partial charge in [0.1, 0.15) is 5.75 Å². The van der Waals surface area contributed by atoms with Crippen molar-refractivity contribution in [1.29, 1.82) is 0 Å². The van der Waals surface area contributed by atoms with Gasteiger partial charge in [-0.2, -0.15) is 0 Å². The first-order valence-electron chi connectivity index (χ1n) is 7.82. The van der Waals surface area contributed by atoms with Gasteiger partial charge in [-0.25, -0.2) is 0 Å². The molecule has 0 radical (unpaired) electrons. The van der Waals surface area contributed by atoms with Crippen LogP contribution in [0.1, 0.15) is 16.7 Å². The smallest absolute Gasteiger partial charge is 0.269 e. The van der Waals surface area contributed by atoms with Crippen molar-refractivity contribution < 1.29 is 14.5 Å². The van der Waals surface area contributed by atoms with Gasteiger partial charge in [0.05, 0.1) is 4.92 Å². The second-order valence-electron chi connectivity index (χ2n) is 5.82. The van der Waals surface area contributed by atoms with E-state index in [9.17, 15) is 14.9 Å². The maximum atomic E-state index is 11.9. The summed E-state index contributed by atoms with van der Waals surface area (Å²) in [6.45, 7) is 5.68. The number of non-ortho nitro benzene ring substituents is 1. The Morgan fingerprint density at radius 2 is 1.73 bits per heavy atom. The minimum atomic E-state index is -0.504. The number of carbonyl (C=O) groups is 1. The van der Waals surface area contributed by atoms with Crippen molar-refractivity contribution in [1.82, 2.24) is 5.32 Å². The van der Waals surface area contributed by atoms with Gasteiger partial charge in [-0.15, -0.1) is 0 Å². The Morgan fingerprint density at radius 1 is 1.15 bits per heavy atom. The zero-order valence-electron chi connectivity index (χ0n) is 14.7. The molecule has 7 nitrogen and oxygen atoms in total. The molecule has 2 aromatic rings. The first-order chi connectivity index (χ1) is 12.3. The van der Waals surface area contributed by atoms with Crippen LogP contribution in [-0.4, -0.2) is 22.5 Å². The summed E-state index contributed by atoms with van der Waals surface area (Å²) in [7, 11) is 0. The molecule has 8 heteroatoms. The maximum absolute atomic E-state index is 11.9. The van der Waals surface area contributed by atoms with Gasteiger partial charge < -0.3 is 10.1 Å². The van der Waals surface area contributed by atoms with Crippen LogP contribution in [0.4, 0.5) is 11.4 Å². The van der Waals surface area contributed by atoms with Crippen LogP contribution in [-0.2, 0) is 4.79 Å². The monoisotopic (exact) mass is 373 g/mol. The summed E-state index contributed by atoms with van der Waals surface area (Å²) < 4.78 is 5.29. The van der Waals surface area contributed by atoms with Crippen LogP contribution >= 0.6 is 12.2 Å². The number of nitrogens with zero attached hydrogens (tertiary/aromatic N) is 1. The summed E-state index contributed by atoms with van der Waals surface area (Å²) in [6.07, 6.45) is 0. The summed E-state index contributed by atoms with van der Waals surface area (Å²) in [5.74, 6) is -0.0712. The lowest BCUT2D eigenvalue weighted by molar-refractivity contribution is -0.384. The third kappa shape index (κ3) is 5.25. The van der Waals surface area contributed by atoms with E-state index in [4.69, 9.17) is 17.0 Å². The quantitative estimate of drug-likeness (QED) is 0.474. The van der Waals surface area contributed by atoms with Crippen LogP contribution in [0.3, 0.4) is 0 Å². The molecule has 26 heavy (non-hydrogen) atoms. The van der Waals surface area contributed by atoms with Gasteiger partial charge in [0, 0.05) is 17.8 Å². The van der Waals surface area contributed by atoms with Crippen molar-refractivity contribution in [3.05, 3.63) is 63.2 Å². The topological polar surface area (TPSA) is 93.5 Å². The Bertz CT molecular complexity index is 827. The third-order valence-corrected chi connectivity index (χ3v) is 3.79. The van der Waals surface area contributed by atoms with Gasteiger partial charge in [-0.3, -0.25) is 20.2 Å². The van der Waals surface area contributed by atoms with E-state index in [1.165, 1.54) is 24.3 Å². The predicted octanol–water partition coefficient (Wildman–Crippen LogP) is 3.41. The van der Waals surface area contributed by atoms with Gasteiger partial charge in [-0.1, -0.05) is 17.7 Å². The number of thiocarbonyl (C=S) groups is 1. The molecule has 0 saturated carbocycles. The van der Waals surface area contributed by atoms with Gasteiger partial charge >= 0.3 is 0 Å². The van der Waals surface area contributed by atoms with Crippen molar-refractivity contribution in [2.24, 2.45) is 0 Å². The van der Waals surface area contributed by atoms with Gasteiger partial charge in [0.15, 0.2) is 11.7 Å². The van der Waals surface area contributed by atoms with Crippen LogP contribution < -0.4 is 15.4 Å². The number of aryl methyl sites for hydroxylation is 3. The van der Waals surface area contributed by atoms with Crippen LogP contribution in [0.25, 0.3) is 0 Å². The molecule has 0 aliphatic carbocycles. The molecule has 0 saturated heterocycles. The molecule has 0 atom stereocenters. The molecular weight excluding hydrogens is 354 g/mol. The van der Waals surface area contributed by atoms with Gasteiger partial charge in [0.2, 0.25) is 0 Å². The molecule has 0 bridgehead atoms. The number of ether oxygens (including phenoxy) is 1. The molecule has 0 unspecified atom stereocenters. The van der Waals surface area contributed by atoms with Crippen molar-refractivity contribution in [3.8, 4) is 5.75 Å². The minimum Gasteiger partial charge on any atom is -0.484 e. The number of amides is 1. The number of anilines is 1. The highest BCUT2D eigenvalue weighted by Gasteiger charge is 2.10. The Kier molecular flexibility index (Phi) is 6.24. The molecule has 0 aromatic heterocycles. The molecule has 0 spiro atoms. The normalized spacial score (nSPS) is 10.1. The zero-order valence-corrected chi connectivity index (χ0v) is 15.5. The lowest BCUT2D eigenvalue weighted by atomic mass is 10.1. The first kappa shape index (κ1) is 19.3. The molecule has 1 amide bonds. The summed E-state index contributed by atoms with van der Waals surface area (Å²) in [6, 6.07) is 9.53. The fraction of sp³-hybridized carbons (Fsp3) is 0.222. The minimum absolute atomic E-state index is 0.0454. The summed E-state index contributed by atoms with van der Waals surface area (Å²) >= 11 is 5.17. The van der Waals surface area contributed by atoms with Crippen LogP contribution in [0, 0.1) is 30.9 Å². The lowest BCUT2D eigenvalue weighted by Gasteiger charge is -2.15. The highest BCUT2D eigenvalue weighted by atomic mass is 32.1. The molecule has 0 aliphatic rings. The number of nitro groups is 1. The van der Waals surface area contributed by atoms with Crippen LogP contribution in [0.5, 0.6) is 5.75 Å². The predicted molar refractivity (Wildman–Crippen MR) is 104 cm³/mol. The summed E-state index contributed by atoms with van der Waals surface area (Å²) in [4.78, 5) is 22.0. The number of nitrogens with one attached hydrogen (secondary N) is 2. The highest BCUT2D eigenvalue weighted by Crippen LogP contribution is 2.21. The Balaban J connectivity index is 1.87. The van der Waals surface area contributed by atoms with E-state index in [2.05, 4.69) is 10.6 Å². The SMILES string of the molecule is Cc1cc(C)c(NC(=S)NC(=O)COc2ccc([N+](=O)[O-])cc2)c(C)c1. The lowest BCUT2D eigenvalue weighted by Crippen LogP contribution is -2.37. The van der Waals surface area contributed by atoms with E-state index in [1.807, 2.05) is 32.9 Å². The fourth-order valence-electron chi connectivity index (χ4n) is 2.50. The number of carbonyl (C=O) groups excluding carboxylic acids is 1. The van der Waals surface area contributed by atoms with E-state index in [1.54, 1.807) is 0 Å². The third-order valence-electron chi connectivity index (χ3n) is 3.59. The Hall–Kier alpha value is -3.00. The average molecular weight is 373 g/mol. The first-order valence-corrected chi connectivity index (χ1v) is 8.23. The standard InChI is InChI=1S/C18H19N3O4S/c1-11-8-12(2)17(13(3)9-11)20-18(26)19-16(22)10-25-15-6-4-14(5-7-15)21(23)24/h4-9H,10H2,1-3H3,(H2,19,20,22,26). The van der Waals surface area contributed by atoms with Gasteiger partial charge in [-0.05, 0) is 56.2 Å². The van der Waals surface area contributed by atoms with E-state index < -0.39 is 10.8 Å². The maximum Gasteiger partial charge on any atom is 0.269 e. The van der Waals surface area contributed by atoms with Crippen LogP contribution in [0.2, 0.25) is 0 Å². The average Bonchev–Trinajstić information content (AvgIpc) is 2.56. The molecule has 0 heterocycles. The number of rotatable bonds is 5.